The van der Waals surface area contributed by atoms with Crippen LogP contribution in [-0.4, -0.2) is 6.54 Å². The smallest absolute Gasteiger partial charge is 0.102 e. The first-order valence-electron chi connectivity index (χ1n) is 7.11. The summed E-state index contributed by atoms with van der Waals surface area (Å²) >= 11 is 0. The van der Waals surface area contributed by atoms with E-state index in [-0.39, 0.29) is 12.4 Å². The van der Waals surface area contributed by atoms with Gasteiger partial charge in [0.1, 0.15) is 6.20 Å². The normalized spacial score (nSPS) is 18.0. The molecule has 1 rings (SSSR count). The van der Waals surface area contributed by atoms with Crippen LogP contribution >= 0.6 is 0 Å². The van der Waals surface area contributed by atoms with Gasteiger partial charge in [0, 0.05) is 11.6 Å². The molecule has 100 valence electrons. The molecule has 1 aliphatic heterocycles. The number of hydrogen-bond donors (Lipinski definition) is 1. The summed E-state index contributed by atoms with van der Waals surface area (Å²) in [5.41, 5.74) is 1.55. The van der Waals surface area contributed by atoms with Crippen molar-refractivity contribution in [3.05, 3.63) is 24.0 Å². The third-order valence-electron chi connectivity index (χ3n) is 3.27. The molecule has 1 N–H and O–H groups in total. The van der Waals surface area contributed by atoms with E-state index >= 15 is 0 Å². The van der Waals surface area contributed by atoms with Crippen LogP contribution in [0.2, 0.25) is 0 Å². The summed E-state index contributed by atoms with van der Waals surface area (Å²) in [6.07, 6.45) is 17.9. The van der Waals surface area contributed by atoms with Crippen molar-refractivity contribution in [2.75, 3.05) is 6.54 Å². The van der Waals surface area contributed by atoms with E-state index in [1.807, 2.05) is 0 Å². The minimum atomic E-state index is 0. The Morgan fingerprint density at radius 3 is 2.35 bits per heavy atom. The maximum absolute atomic E-state index is 2.41. The first kappa shape index (κ1) is 16.7. The average molecular weight is 258 g/mol. The summed E-state index contributed by atoms with van der Waals surface area (Å²) in [7, 11) is 0. The van der Waals surface area contributed by atoms with Crippen LogP contribution in [0.1, 0.15) is 65.2 Å². The van der Waals surface area contributed by atoms with Gasteiger partial charge in [-0.3, -0.25) is 4.90 Å². The molecule has 0 aromatic heterocycles. The maximum Gasteiger partial charge on any atom is 0.102 e. The largest absolute Gasteiger partial charge is 1.00 e. The van der Waals surface area contributed by atoms with Gasteiger partial charge in [-0.15, -0.1) is 0 Å². The van der Waals surface area contributed by atoms with Gasteiger partial charge in [-0.2, -0.15) is 0 Å². The summed E-state index contributed by atoms with van der Waals surface area (Å²) in [6, 6.07) is 0. The van der Waals surface area contributed by atoms with Gasteiger partial charge in [-0.05, 0) is 25.7 Å². The van der Waals surface area contributed by atoms with Crippen LogP contribution in [0.3, 0.4) is 0 Å². The van der Waals surface area contributed by atoms with Gasteiger partial charge in [0.05, 0.1) is 12.7 Å². The van der Waals surface area contributed by atoms with E-state index in [0.29, 0.717) is 0 Å². The average Bonchev–Trinajstić information content (AvgIpc) is 2.74. The molecule has 0 fully saturated rings. The highest BCUT2D eigenvalue weighted by atomic mass is 35.5. The number of nitrogens with one attached hydrogen (secondary N) is 1. The molecule has 1 nitrogen and oxygen atoms in total. The van der Waals surface area contributed by atoms with Gasteiger partial charge >= 0.3 is 0 Å². The Morgan fingerprint density at radius 2 is 1.65 bits per heavy atom. The Labute approximate surface area is 113 Å². The molecule has 1 heterocycles. The molecule has 0 saturated carbocycles. The van der Waals surface area contributed by atoms with E-state index in [1.54, 1.807) is 10.5 Å². The van der Waals surface area contributed by atoms with Gasteiger partial charge in [0.25, 0.3) is 0 Å². The van der Waals surface area contributed by atoms with Crippen molar-refractivity contribution in [3.63, 3.8) is 0 Å². The van der Waals surface area contributed by atoms with E-state index in [2.05, 4.69) is 32.3 Å². The van der Waals surface area contributed by atoms with Crippen molar-refractivity contribution in [2.45, 2.75) is 65.2 Å². The zero-order valence-electron chi connectivity index (χ0n) is 11.5. The Balaban J connectivity index is 0.00000256. The highest BCUT2D eigenvalue weighted by Crippen LogP contribution is 2.09. The van der Waals surface area contributed by atoms with Crippen LogP contribution < -0.4 is 17.3 Å². The van der Waals surface area contributed by atoms with Crippen molar-refractivity contribution in [2.24, 2.45) is 0 Å². The Hall–Kier alpha value is -0.270. The highest BCUT2D eigenvalue weighted by Gasteiger charge is 2.09. The summed E-state index contributed by atoms with van der Waals surface area (Å²) in [6.45, 7) is 5.82. The molecular formula is C15H28ClN. The zero-order valence-corrected chi connectivity index (χ0v) is 12.2. The SMILES string of the molecule is CCCCCCC[NH+]1C=CC(CCCC)=C1.[Cl-]. The first-order chi connectivity index (χ1) is 7.86. The number of allylic oxidation sites excluding steroid dienone is 2. The summed E-state index contributed by atoms with van der Waals surface area (Å²) in [4.78, 5) is 1.56. The monoisotopic (exact) mass is 257 g/mol. The molecule has 1 unspecified atom stereocenters. The fraction of sp³-hybridized carbons (Fsp3) is 0.733. The van der Waals surface area contributed by atoms with E-state index in [1.165, 1.54) is 57.9 Å². The van der Waals surface area contributed by atoms with Gasteiger partial charge < -0.3 is 12.4 Å². The molecule has 0 amide bonds. The van der Waals surface area contributed by atoms with Crippen molar-refractivity contribution in [3.8, 4) is 0 Å². The molecule has 2 heteroatoms. The number of unbranched alkanes of at least 4 members (excludes halogenated alkanes) is 5. The molecule has 0 aromatic carbocycles. The highest BCUT2D eigenvalue weighted by molar-refractivity contribution is 5.17. The molecule has 0 saturated heterocycles. The van der Waals surface area contributed by atoms with Crippen molar-refractivity contribution in [1.82, 2.24) is 0 Å². The predicted molar refractivity (Wildman–Crippen MR) is 71.3 cm³/mol. The summed E-state index contributed by atoms with van der Waals surface area (Å²) in [5.74, 6) is 0. The third-order valence-corrected chi connectivity index (χ3v) is 3.27. The minimum Gasteiger partial charge on any atom is -1.00 e. The van der Waals surface area contributed by atoms with E-state index in [9.17, 15) is 0 Å². The van der Waals surface area contributed by atoms with E-state index in [4.69, 9.17) is 0 Å². The Bertz CT molecular complexity index is 233. The summed E-state index contributed by atoms with van der Waals surface area (Å²) < 4.78 is 0. The molecule has 0 aromatic rings. The molecule has 1 aliphatic rings. The quantitative estimate of drug-likeness (QED) is 0.572. The lowest BCUT2D eigenvalue weighted by atomic mass is 10.1. The molecule has 0 bridgehead atoms. The lowest BCUT2D eigenvalue weighted by Crippen LogP contribution is -3.01. The van der Waals surface area contributed by atoms with Crippen LogP contribution in [-0.2, 0) is 0 Å². The molecule has 0 radical (unpaired) electrons. The van der Waals surface area contributed by atoms with Crippen molar-refractivity contribution in [1.29, 1.82) is 0 Å². The third kappa shape index (κ3) is 7.62. The van der Waals surface area contributed by atoms with E-state index in [0.717, 1.165) is 0 Å². The van der Waals surface area contributed by atoms with Crippen molar-refractivity contribution >= 4 is 0 Å². The minimum absolute atomic E-state index is 0. The standard InChI is InChI=1S/C15H27N.ClH/c1-3-5-7-8-9-12-16-13-11-15(14-16)10-6-4-2;/h11,13-14H,3-10,12H2,1-2H3;1H. The molecule has 17 heavy (non-hydrogen) atoms. The second kappa shape index (κ2) is 10.9. The van der Waals surface area contributed by atoms with Gasteiger partial charge in [0.15, 0.2) is 0 Å². The number of rotatable bonds is 9. The van der Waals surface area contributed by atoms with Gasteiger partial charge in [0.2, 0.25) is 0 Å². The molecule has 0 aliphatic carbocycles. The predicted octanol–water partition coefficient (Wildman–Crippen LogP) is 0.447. The fourth-order valence-corrected chi connectivity index (χ4v) is 2.17. The zero-order chi connectivity index (χ0) is 11.6. The number of quaternary nitrogens is 1. The first-order valence-corrected chi connectivity index (χ1v) is 7.11. The molecular weight excluding hydrogens is 230 g/mol. The van der Waals surface area contributed by atoms with Crippen LogP contribution in [0.15, 0.2) is 24.0 Å². The summed E-state index contributed by atoms with van der Waals surface area (Å²) in [5, 5.41) is 0. The molecule has 1 atom stereocenters. The Morgan fingerprint density at radius 1 is 0.941 bits per heavy atom. The van der Waals surface area contributed by atoms with Crippen LogP contribution in [0.25, 0.3) is 0 Å². The van der Waals surface area contributed by atoms with Gasteiger partial charge in [-0.25, -0.2) is 0 Å². The maximum atomic E-state index is 2.41. The fourth-order valence-electron chi connectivity index (χ4n) is 2.17. The van der Waals surface area contributed by atoms with Gasteiger partial charge in [-0.1, -0.05) is 39.5 Å². The van der Waals surface area contributed by atoms with Crippen molar-refractivity contribution < 1.29 is 17.3 Å². The second-order valence-electron chi connectivity index (χ2n) is 4.90. The lowest BCUT2D eigenvalue weighted by Gasteiger charge is -2.06. The van der Waals surface area contributed by atoms with E-state index < -0.39 is 0 Å². The van der Waals surface area contributed by atoms with Crippen LogP contribution in [0.4, 0.5) is 0 Å². The number of hydrogen-bond acceptors (Lipinski definition) is 0. The Kier molecular flexibility index (Phi) is 10.7. The lowest BCUT2D eigenvalue weighted by molar-refractivity contribution is -0.788. The van der Waals surface area contributed by atoms with Crippen LogP contribution in [0, 0.1) is 0 Å². The second-order valence-corrected chi connectivity index (χ2v) is 4.90. The topological polar surface area (TPSA) is 4.44 Å². The van der Waals surface area contributed by atoms with Crippen LogP contribution in [0.5, 0.6) is 0 Å². The molecule has 0 spiro atoms. The number of halogens is 1.